The molecule has 0 aromatic rings. The second kappa shape index (κ2) is 30.9. The molecule has 11 heteroatoms. The zero-order valence-electron chi connectivity index (χ0n) is 31.2. The van der Waals surface area contributed by atoms with Crippen LogP contribution in [0.2, 0.25) is 0 Å². The molecular weight excluding hydrogens is 647 g/mol. The number of aliphatic hydroxyl groups is 4. The molecule has 0 saturated heterocycles. The van der Waals surface area contributed by atoms with Gasteiger partial charge in [0.15, 0.2) is 17.4 Å². The summed E-state index contributed by atoms with van der Waals surface area (Å²) in [6.45, 7) is 2.25. The van der Waals surface area contributed by atoms with Gasteiger partial charge in [0.05, 0.1) is 13.2 Å². The predicted octanol–water partition coefficient (Wildman–Crippen LogP) is 8.05. The Morgan fingerprint density at radius 1 is 0.531 bits per heavy atom. The van der Waals surface area contributed by atoms with E-state index >= 15 is 0 Å². The van der Waals surface area contributed by atoms with E-state index in [9.17, 15) is 44.4 Å². The molecule has 6 N–H and O–H groups in total. The number of Topliss-reactive ketones (excluding diaryl/α,β-unsaturated/α-hetero) is 2. The Balaban J connectivity index is 5.11. The monoisotopic (exact) mass is 723 g/mol. The van der Waals surface area contributed by atoms with Gasteiger partial charge in [-0.3, -0.25) is 14.2 Å². The fourth-order valence-corrected chi connectivity index (χ4v) is 7.34. The number of carbonyl (C=O) groups is 2. The molecule has 0 rings (SSSR count). The van der Waals surface area contributed by atoms with E-state index in [4.69, 9.17) is 4.74 Å². The van der Waals surface area contributed by atoms with Gasteiger partial charge in [0.25, 0.3) is 0 Å². The highest BCUT2D eigenvalue weighted by Gasteiger charge is 2.56. The molecule has 0 saturated carbocycles. The fourth-order valence-electron chi connectivity index (χ4n) is 6.50. The predicted molar refractivity (Wildman–Crippen MR) is 196 cm³/mol. The Bertz CT molecular complexity index is 806. The summed E-state index contributed by atoms with van der Waals surface area (Å²) < 4.78 is 17.7. The van der Waals surface area contributed by atoms with Gasteiger partial charge in [-0.2, -0.15) is 0 Å². The van der Waals surface area contributed by atoms with Crippen LogP contribution in [0.1, 0.15) is 194 Å². The summed E-state index contributed by atoms with van der Waals surface area (Å²) in [5, 5.41) is 40.4. The molecule has 0 fully saturated rings. The van der Waals surface area contributed by atoms with Gasteiger partial charge in [0.2, 0.25) is 5.60 Å². The summed E-state index contributed by atoms with van der Waals surface area (Å²) in [6.07, 6.45) is 23.6. The Labute approximate surface area is 298 Å². The van der Waals surface area contributed by atoms with Crippen LogP contribution in [0.4, 0.5) is 0 Å². The number of hydrogen-bond donors (Lipinski definition) is 6. The molecule has 49 heavy (non-hydrogen) atoms. The summed E-state index contributed by atoms with van der Waals surface area (Å²) in [4.78, 5) is 47.2. The fraction of sp³-hybridized carbons (Fsp3) is 0.947. The summed E-state index contributed by atoms with van der Waals surface area (Å²) in [5.41, 5.74) is -2.77. The highest BCUT2D eigenvalue weighted by atomic mass is 31.2. The molecule has 0 heterocycles. The second-order valence-electron chi connectivity index (χ2n) is 14.1. The number of carbonyl (C=O) groups excluding carboxylic acids is 2. The van der Waals surface area contributed by atoms with Crippen LogP contribution in [0.15, 0.2) is 0 Å². The number of aliphatic hydroxyl groups excluding tert-OH is 4. The largest absolute Gasteiger partial charge is 0.394 e. The maximum absolute atomic E-state index is 13.7. The summed E-state index contributed by atoms with van der Waals surface area (Å²) in [7, 11) is -5.32. The summed E-state index contributed by atoms with van der Waals surface area (Å²) >= 11 is 0. The zero-order valence-corrected chi connectivity index (χ0v) is 32.1. The lowest BCUT2D eigenvalue weighted by Gasteiger charge is -2.38. The molecule has 10 nitrogen and oxygen atoms in total. The van der Waals surface area contributed by atoms with Crippen molar-refractivity contribution in [3.63, 3.8) is 0 Å². The third-order valence-corrected chi connectivity index (χ3v) is 10.8. The Morgan fingerprint density at radius 3 is 1.06 bits per heavy atom. The van der Waals surface area contributed by atoms with Crippen molar-refractivity contribution in [3.8, 4) is 0 Å². The number of ether oxygens (including phenoxy) is 1. The average molecular weight is 723 g/mol. The first-order chi connectivity index (χ1) is 23.5. The van der Waals surface area contributed by atoms with Crippen LogP contribution in [0.5, 0.6) is 0 Å². The first kappa shape index (κ1) is 48.3. The third kappa shape index (κ3) is 22.1. The molecular formula is C38H75O10P. The standard InChI is InChI=1S/C38H75O10P/c1-3-5-7-9-11-13-15-17-19-21-23-25-27-29-34(42)38(36(44)32-40,48-37(33(41)31-39)49(45,46)47)35(43)30-28-26-24-22-20-18-16-14-12-10-8-6-4-2/h33,36-37,39-41,44H,3-32H2,1-2H3,(H2,45,46,47)/t33?,36-,37?/m0/s1. The van der Waals surface area contributed by atoms with Crippen molar-refractivity contribution in [3.05, 3.63) is 0 Å². The van der Waals surface area contributed by atoms with Crippen molar-refractivity contribution in [2.75, 3.05) is 13.2 Å². The number of ketones is 2. The van der Waals surface area contributed by atoms with E-state index in [1.54, 1.807) is 0 Å². The maximum atomic E-state index is 13.7. The maximum Gasteiger partial charge on any atom is 0.356 e. The van der Waals surface area contributed by atoms with Gasteiger partial charge >= 0.3 is 7.60 Å². The van der Waals surface area contributed by atoms with Crippen LogP contribution in [0, 0.1) is 0 Å². The molecule has 292 valence electrons. The van der Waals surface area contributed by atoms with E-state index in [1.165, 1.54) is 89.9 Å². The van der Waals surface area contributed by atoms with Crippen LogP contribution in [-0.4, -0.2) is 78.6 Å². The van der Waals surface area contributed by atoms with Crippen LogP contribution >= 0.6 is 7.60 Å². The molecule has 0 aromatic carbocycles. The average Bonchev–Trinajstić information content (AvgIpc) is 3.08. The summed E-state index contributed by atoms with van der Waals surface area (Å²) in [5.74, 6) is -4.22. The van der Waals surface area contributed by atoms with Gasteiger partial charge in [-0.05, 0) is 12.8 Å². The Kier molecular flexibility index (Phi) is 30.4. The number of rotatable bonds is 37. The first-order valence-corrected chi connectivity index (χ1v) is 21.6. The second-order valence-corrected chi connectivity index (χ2v) is 15.8. The van der Waals surface area contributed by atoms with E-state index in [1.807, 2.05) is 0 Å². The molecule has 0 bridgehead atoms. The number of hydrogen-bond acceptors (Lipinski definition) is 8. The first-order valence-electron chi connectivity index (χ1n) is 19.9. The molecule has 0 spiro atoms. The number of unbranched alkanes of at least 4 members (excludes halogenated alkanes) is 24. The van der Waals surface area contributed by atoms with E-state index in [2.05, 4.69) is 13.8 Å². The van der Waals surface area contributed by atoms with Crippen molar-refractivity contribution < 1.29 is 49.1 Å². The molecule has 2 unspecified atom stereocenters. The molecule has 0 radical (unpaired) electrons. The quantitative estimate of drug-likeness (QED) is 0.0208. The highest BCUT2D eigenvalue weighted by molar-refractivity contribution is 7.52. The van der Waals surface area contributed by atoms with Crippen molar-refractivity contribution in [1.82, 2.24) is 0 Å². The minimum absolute atomic E-state index is 0.206. The molecule has 0 aromatic heterocycles. The van der Waals surface area contributed by atoms with E-state index in [0.29, 0.717) is 25.7 Å². The molecule has 0 aliphatic rings. The highest BCUT2D eigenvalue weighted by Crippen LogP contribution is 2.46. The third-order valence-electron chi connectivity index (χ3n) is 9.64. The van der Waals surface area contributed by atoms with E-state index in [0.717, 1.165) is 51.4 Å². The summed E-state index contributed by atoms with van der Waals surface area (Å²) in [6, 6.07) is 0. The van der Waals surface area contributed by atoms with Crippen LogP contribution < -0.4 is 0 Å². The Morgan fingerprint density at radius 2 is 0.816 bits per heavy atom. The van der Waals surface area contributed by atoms with Crippen molar-refractivity contribution in [1.29, 1.82) is 0 Å². The molecule has 3 atom stereocenters. The van der Waals surface area contributed by atoms with E-state index in [-0.39, 0.29) is 12.8 Å². The smallest absolute Gasteiger partial charge is 0.356 e. The van der Waals surface area contributed by atoms with Crippen LogP contribution in [0.25, 0.3) is 0 Å². The van der Waals surface area contributed by atoms with Gasteiger partial charge in [-0.1, -0.05) is 168 Å². The van der Waals surface area contributed by atoms with Crippen LogP contribution in [-0.2, 0) is 18.9 Å². The van der Waals surface area contributed by atoms with Gasteiger partial charge in [0.1, 0.15) is 12.2 Å². The molecule has 0 amide bonds. The lowest BCUT2D eigenvalue weighted by molar-refractivity contribution is -0.190. The minimum atomic E-state index is -5.32. The lowest BCUT2D eigenvalue weighted by Crippen LogP contribution is -2.61. The molecule has 0 aliphatic carbocycles. The van der Waals surface area contributed by atoms with Gasteiger partial charge in [-0.25, -0.2) is 0 Å². The molecule has 0 aliphatic heterocycles. The normalized spacial score (nSPS) is 14.2. The zero-order chi connectivity index (χ0) is 36.8. The topological polar surface area (TPSA) is 182 Å². The van der Waals surface area contributed by atoms with Crippen molar-refractivity contribution in [2.24, 2.45) is 0 Å². The minimum Gasteiger partial charge on any atom is -0.394 e. The van der Waals surface area contributed by atoms with E-state index < -0.39 is 56.0 Å². The Hall–Kier alpha value is -0.710. The SMILES string of the molecule is CCCCCCCCCCCCCCCC(=O)C(OC(C(O)CO)P(=O)(O)O)(C(=O)CCCCCCCCCCCCCCC)[C@@H](O)CO. The van der Waals surface area contributed by atoms with Gasteiger partial charge in [-0.15, -0.1) is 0 Å². The van der Waals surface area contributed by atoms with Crippen molar-refractivity contribution in [2.45, 2.75) is 217 Å². The van der Waals surface area contributed by atoms with Gasteiger partial charge < -0.3 is 34.9 Å². The van der Waals surface area contributed by atoms with Crippen molar-refractivity contribution >= 4 is 19.2 Å². The lowest BCUT2D eigenvalue weighted by atomic mass is 9.82. The van der Waals surface area contributed by atoms with Gasteiger partial charge in [0, 0.05) is 12.8 Å². The van der Waals surface area contributed by atoms with Crippen LogP contribution in [0.3, 0.4) is 0 Å².